The zero-order valence-electron chi connectivity index (χ0n) is 5.66. The van der Waals surface area contributed by atoms with E-state index in [0.29, 0.717) is 11.3 Å². The van der Waals surface area contributed by atoms with Crippen LogP contribution in [0.5, 0.6) is 0 Å². The van der Waals surface area contributed by atoms with Gasteiger partial charge in [-0.2, -0.15) is 5.26 Å². The van der Waals surface area contributed by atoms with Gasteiger partial charge in [-0.3, -0.25) is 4.79 Å². The van der Waals surface area contributed by atoms with Gasteiger partial charge in [-0.1, -0.05) is 12.1 Å². The van der Waals surface area contributed by atoms with Gasteiger partial charge in [0.2, 0.25) is 0 Å². The zero-order chi connectivity index (χ0) is 8.10. The Bertz CT molecular complexity index is 301. The Morgan fingerprint density at radius 1 is 1.36 bits per heavy atom. The predicted molar refractivity (Wildman–Crippen MR) is 40.5 cm³/mol. The largest absolute Gasteiger partial charge is 0.317 e. The molecule has 1 rings (SSSR count). The van der Waals surface area contributed by atoms with Crippen LogP contribution in [0.3, 0.4) is 0 Å². The van der Waals surface area contributed by atoms with Crippen molar-refractivity contribution in [2.24, 2.45) is 0 Å². The summed E-state index contributed by atoms with van der Waals surface area (Å²) in [7, 11) is 0. The average molecular weight is 145 g/mol. The lowest BCUT2D eigenvalue weighted by Crippen LogP contribution is -1.95. The Balaban J connectivity index is 3.04. The van der Waals surface area contributed by atoms with Gasteiger partial charge in [0, 0.05) is 0 Å². The molecule has 0 aliphatic rings. The highest BCUT2D eigenvalue weighted by Crippen LogP contribution is 2.11. The van der Waals surface area contributed by atoms with Crippen LogP contribution < -0.4 is 5.32 Å². The molecule has 0 fully saturated rings. The molecule has 1 radical (unpaired) electrons. The molecular weight excluding hydrogens is 140 g/mol. The molecule has 3 heteroatoms. The third-order valence-electron chi connectivity index (χ3n) is 1.23. The molecule has 3 nitrogen and oxygen atoms in total. The maximum absolute atomic E-state index is 9.90. The quantitative estimate of drug-likeness (QED) is 0.632. The fourth-order valence-corrected chi connectivity index (χ4v) is 0.745. The standard InChI is InChI=1S/C8H5N2O/c9-5-7-3-1-2-4-8(7)10-6-11/h1-4H,(H,10,11). The van der Waals surface area contributed by atoms with Crippen LogP contribution in [0.2, 0.25) is 0 Å². The van der Waals surface area contributed by atoms with Crippen molar-refractivity contribution in [3.8, 4) is 6.07 Å². The fourth-order valence-electron chi connectivity index (χ4n) is 0.745. The summed E-state index contributed by atoms with van der Waals surface area (Å²) in [5, 5.41) is 10.8. The van der Waals surface area contributed by atoms with Crippen molar-refractivity contribution in [3.05, 3.63) is 29.8 Å². The molecule has 53 valence electrons. The van der Waals surface area contributed by atoms with Gasteiger partial charge in [0.25, 0.3) is 0 Å². The van der Waals surface area contributed by atoms with E-state index in [1.54, 1.807) is 24.3 Å². The first-order chi connectivity index (χ1) is 5.38. The summed E-state index contributed by atoms with van der Waals surface area (Å²) in [6, 6.07) is 8.67. The molecule has 0 aromatic heterocycles. The van der Waals surface area contributed by atoms with Crippen molar-refractivity contribution in [3.63, 3.8) is 0 Å². The molecule has 0 heterocycles. The molecule has 0 aliphatic carbocycles. The molecular formula is C8H5N2O. The van der Waals surface area contributed by atoms with Gasteiger partial charge in [0.05, 0.1) is 11.3 Å². The number of nitriles is 1. The number of nitrogens with one attached hydrogen (secondary N) is 1. The van der Waals surface area contributed by atoms with Gasteiger partial charge in [-0.25, -0.2) is 0 Å². The Hall–Kier alpha value is -1.82. The smallest absolute Gasteiger partial charge is 0.314 e. The lowest BCUT2D eigenvalue weighted by atomic mass is 10.2. The first kappa shape index (κ1) is 7.29. The summed E-state index contributed by atoms with van der Waals surface area (Å²) in [6.07, 6.45) is 1.51. The van der Waals surface area contributed by atoms with Crippen LogP contribution in [0.1, 0.15) is 5.56 Å². The number of rotatable bonds is 2. The minimum Gasteiger partial charge on any atom is -0.317 e. The monoisotopic (exact) mass is 145 g/mol. The molecule has 1 aromatic rings. The SMILES string of the molecule is N#Cc1ccccc1N[C]=O. The number of anilines is 1. The van der Waals surface area contributed by atoms with Crippen molar-refractivity contribution >= 4 is 12.1 Å². The molecule has 1 N–H and O–H groups in total. The van der Waals surface area contributed by atoms with E-state index in [9.17, 15) is 4.79 Å². The van der Waals surface area contributed by atoms with Crippen molar-refractivity contribution in [1.82, 2.24) is 0 Å². The molecule has 0 aliphatic heterocycles. The second-order valence-electron chi connectivity index (χ2n) is 1.88. The van der Waals surface area contributed by atoms with Crippen molar-refractivity contribution in [2.45, 2.75) is 0 Å². The summed E-state index contributed by atoms with van der Waals surface area (Å²) in [5.74, 6) is 0. The summed E-state index contributed by atoms with van der Waals surface area (Å²) >= 11 is 0. The van der Waals surface area contributed by atoms with Gasteiger partial charge in [-0.15, -0.1) is 0 Å². The number of nitrogens with zero attached hydrogens (tertiary/aromatic N) is 1. The van der Waals surface area contributed by atoms with E-state index in [4.69, 9.17) is 5.26 Å². The summed E-state index contributed by atoms with van der Waals surface area (Å²) < 4.78 is 0. The molecule has 0 unspecified atom stereocenters. The van der Waals surface area contributed by atoms with E-state index >= 15 is 0 Å². The summed E-state index contributed by atoms with van der Waals surface area (Å²) in [4.78, 5) is 9.90. The molecule has 0 bridgehead atoms. The van der Waals surface area contributed by atoms with Crippen LogP contribution in [0, 0.1) is 11.3 Å². The van der Waals surface area contributed by atoms with Crippen LogP contribution in [-0.4, -0.2) is 6.41 Å². The fraction of sp³-hybridized carbons (Fsp3) is 0. The topological polar surface area (TPSA) is 52.9 Å². The Labute approximate surface area is 64.3 Å². The van der Waals surface area contributed by atoms with Gasteiger partial charge in [0.1, 0.15) is 6.07 Å². The third-order valence-corrected chi connectivity index (χ3v) is 1.23. The van der Waals surface area contributed by atoms with Gasteiger partial charge < -0.3 is 5.32 Å². The van der Waals surface area contributed by atoms with Crippen molar-refractivity contribution < 1.29 is 4.79 Å². The van der Waals surface area contributed by atoms with Gasteiger partial charge in [-0.05, 0) is 12.1 Å². The van der Waals surface area contributed by atoms with Crippen LogP contribution in [0.15, 0.2) is 24.3 Å². The van der Waals surface area contributed by atoms with Crippen LogP contribution >= 0.6 is 0 Å². The van der Waals surface area contributed by atoms with Crippen LogP contribution in [0.25, 0.3) is 0 Å². The number of hydrogen-bond donors (Lipinski definition) is 1. The highest BCUT2D eigenvalue weighted by Gasteiger charge is 1.96. The highest BCUT2D eigenvalue weighted by molar-refractivity contribution is 5.75. The zero-order valence-corrected chi connectivity index (χ0v) is 5.66. The van der Waals surface area contributed by atoms with Crippen LogP contribution in [0.4, 0.5) is 5.69 Å². The molecule has 1 aromatic carbocycles. The van der Waals surface area contributed by atoms with E-state index in [1.807, 2.05) is 6.07 Å². The van der Waals surface area contributed by atoms with Crippen molar-refractivity contribution in [2.75, 3.05) is 5.32 Å². The molecule has 0 saturated carbocycles. The predicted octanol–water partition coefficient (Wildman–Crippen LogP) is 1.04. The van der Waals surface area contributed by atoms with Gasteiger partial charge in [0.15, 0.2) is 0 Å². The maximum Gasteiger partial charge on any atom is 0.314 e. The number of hydrogen-bond acceptors (Lipinski definition) is 2. The highest BCUT2D eigenvalue weighted by atomic mass is 16.1. The third kappa shape index (κ3) is 1.55. The molecule has 0 atom stereocenters. The molecule has 0 saturated heterocycles. The van der Waals surface area contributed by atoms with E-state index in [2.05, 4.69) is 5.32 Å². The molecule has 1 amide bonds. The second-order valence-corrected chi connectivity index (χ2v) is 1.88. The molecule has 11 heavy (non-hydrogen) atoms. The normalized spacial score (nSPS) is 8.27. The van der Waals surface area contributed by atoms with E-state index in [0.717, 1.165) is 0 Å². The lowest BCUT2D eigenvalue weighted by molar-refractivity contribution is 0.561. The van der Waals surface area contributed by atoms with E-state index in [-0.39, 0.29) is 0 Å². The summed E-state index contributed by atoms with van der Waals surface area (Å²) in [5.41, 5.74) is 0.931. The minimum atomic E-state index is 0.441. The number of benzene rings is 1. The Morgan fingerprint density at radius 2 is 2.09 bits per heavy atom. The summed E-state index contributed by atoms with van der Waals surface area (Å²) in [6.45, 7) is 0. The first-order valence-electron chi connectivity index (χ1n) is 3.01. The van der Waals surface area contributed by atoms with E-state index < -0.39 is 0 Å². The van der Waals surface area contributed by atoms with E-state index in [1.165, 1.54) is 6.41 Å². The van der Waals surface area contributed by atoms with Crippen molar-refractivity contribution in [1.29, 1.82) is 5.26 Å². The van der Waals surface area contributed by atoms with Gasteiger partial charge >= 0.3 is 6.41 Å². The number of para-hydroxylation sites is 1. The number of amides is 1. The molecule has 0 spiro atoms. The second kappa shape index (κ2) is 3.37. The van der Waals surface area contributed by atoms with Crippen LogP contribution in [-0.2, 0) is 4.79 Å². The Morgan fingerprint density at radius 3 is 2.73 bits per heavy atom. The number of carbonyl (C=O) groups excluding carboxylic acids is 1. The lowest BCUT2D eigenvalue weighted by Gasteiger charge is -1.97. The first-order valence-corrected chi connectivity index (χ1v) is 3.01. The minimum absolute atomic E-state index is 0.441. The Kier molecular flexibility index (Phi) is 2.24. The average Bonchev–Trinajstić information content (AvgIpc) is 2.06. The maximum atomic E-state index is 9.90.